The number of rotatable bonds is 10. The zero-order chi connectivity index (χ0) is 18.9. The lowest BCUT2D eigenvalue weighted by Gasteiger charge is -2.16. The maximum Gasteiger partial charge on any atom is 0.227 e. The monoisotopic (exact) mass is 373 g/mol. The van der Waals surface area contributed by atoms with E-state index in [1.165, 1.54) is 0 Å². The Hall–Kier alpha value is -1.88. The van der Waals surface area contributed by atoms with Crippen LogP contribution in [-0.2, 0) is 4.79 Å². The molecule has 0 aliphatic carbocycles. The third kappa shape index (κ3) is 5.31. The molecule has 1 atom stereocenters. The van der Waals surface area contributed by atoms with Gasteiger partial charge in [-0.1, -0.05) is 38.8 Å². The van der Waals surface area contributed by atoms with Gasteiger partial charge in [-0.15, -0.1) is 11.3 Å². The Bertz CT molecular complexity index is 677. The van der Waals surface area contributed by atoms with Crippen molar-refractivity contribution < 1.29 is 4.79 Å². The fourth-order valence-corrected chi connectivity index (χ4v) is 3.94. The van der Waals surface area contributed by atoms with Crippen molar-refractivity contribution in [2.75, 3.05) is 23.3 Å². The Morgan fingerprint density at radius 1 is 1.15 bits per heavy atom. The molecule has 1 heterocycles. The Labute approximate surface area is 161 Å². The first-order valence-electron chi connectivity index (χ1n) is 9.74. The van der Waals surface area contributed by atoms with Gasteiger partial charge in [0, 0.05) is 35.6 Å². The average molecular weight is 374 g/mol. The topological polar surface area (TPSA) is 45.2 Å². The summed E-state index contributed by atoms with van der Waals surface area (Å²) in [5.74, 6) is 0.232. The molecule has 0 saturated carbocycles. The Morgan fingerprint density at radius 2 is 1.85 bits per heavy atom. The SMILES string of the molecule is CCCCC(CC)C(=O)Nc1ccc(-c2csc(N(CC)CC)n2)cc1. The number of benzene rings is 1. The average Bonchev–Trinajstić information content (AvgIpc) is 3.14. The van der Waals surface area contributed by atoms with Crippen LogP contribution in [0.25, 0.3) is 11.3 Å². The van der Waals surface area contributed by atoms with Crippen LogP contribution in [-0.4, -0.2) is 24.0 Å². The molecule has 1 N–H and O–H groups in total. The van der Waals surface area contributed by atoms with Crippen LogP contribution >= 0.6 is 11.3 Å². The quantitative estimate of drug-likeness (QED) is 0.571. The number of carbonyl (C=O) groups is 1. The van der Waals surface area contributed by atoms with E-state index in [0.29, 0.717) is 0 Å². The number of nitrogens with zero attached hydrogens (tertiary/aromatic N) is 2. The molecule has 142 valence electrons. The van der Waals surface area contributed by atoms with Gasteiger partial charge in [0.1, 0.15) is 0 Å². The number of amides is 1. The van der Waals surface area contributed by atoms with Crippen molar-refractivity contribution in [2.24, 2.45) is 5.92 Å². The van der Waals surface area contributed by atoms with E-state index in [4.69, 9.17) is 4.98 Å². The predicted octanol–water partition coefficient (Wildman–Crippen LogP) is 5.81. The van der Waals surface area contributed by atoms with Crippen LogP contribution in [0, 0.1) is 5.92 Å². The molecule has 4 nitrogen and oxygen atoms in total. The van der Waals surface area contributed by atoms with Crippen LogP contribution in [0.1, 0.15) is 53.4 Å². The van der Waals surface area contributed by atoms with Gasteiger partial charge in [-0.25, -0.2) is 4.98 Å². The predicted molar refractivity (Wildman–Crippen MR) is 113 cm³/mol. The number of carbonyl (C=O) groups excluding carboxylic acids is 1. The summed E-state index contributed by atoms with van der Waals surface area (Å²) in [5.41, 5.74) is 2.92. The summed E-state index contributed by atoms with van der Waals surface area (Å²) in [6.07, 6.45) is 4.08. The van der Waals surface area contributed by atoms with Crippen molar-refractivity contribution in [3.63, 3.8) is 0 Å². The lowest BCUT2D eigenvalue weighted by Crippen LogP contribution is -2.22. The van der Waals surface area contributed by atoms with Gasteiger partial charge >= 0.3 is 0 Å². The summed E-state index contributed by atoms with van der Waals surface area (Å²) < 4.78 is 0. The number of hydrogen-bond donors (Lipinski definition) is 1. The smallest absolute Gasteiger partial charge is 0.227 e. The number of thiazole rings is 1. The second-order valence-corrected chi connectivity index (χ2v) is 7.34. The van der Waals surface area contributed by atoms with Crippen LogP contribution in [0.3, 0.4) is 0 Å². The fraction of sp³-hybridized carbons (Fsp3) is 0.524. The van der Waals surface area contributed by atoms with Gasteiger partial charge in [0.15, 0.2) is 5.13 Å². The van der Waals surface area contributed by atoms with E-state index < -0.39 is 0 Å². The molecule has 0 spiro atoms. The molecule has 2 rings (SSSR count). The lowest BCUT2D eigenvalue weighted by atomic mass is 9.98. The molecule has 1 aromatic heterocycles. The molecule has 0 aliphatic heterocycles. The number of unbranched alkanes of at least 4 members (excludes halogenated alkanes) is 1. The van der Waals surface area contributed by atoms with Crippen LogP contribution in [0.4, 0.5) is 10.8 Å². The second kappa shape index (κ2) is 10.3. The maximum absolute atomic E-state index is 12.4. The van der Waals surface area contributed by atoms with Crippen LogP contribution in [0.5, 0.6) is 0 Å². The molecule has 0 radical (unpaired) electrons. The molecule has 26 heavy (non-hydrogen) atoms. The Morgan fingerprint density at radius 3 is 2.42 bits per heavy atom. The van der Waals surface area contributed by atoms with Gasteiger partial charge < -0.3 is 10.2 Å². The molecule has 1 unspecified atom stereocenters. The van der Waals surface area contributed by atoms with Crippen molar-refractivity contribution in [1.29, 1.82) is 0 Å². The first-order chi connectivity index (χ1) is 12.6. The van der Waals surface area contributed by atoms with Gasteiger partial charge in [-0.05, 0) is 38.8 Å². The first-order valence-corrected chi connectivity index (χ1v) is 10.6. The summed E-state index contributed by atoms with van der Waals surface area (Å²) in [4.78, 5) is 19.4. The van der Waals surface area contributed by atoms with Crippen LogP contribution in [0.2, 0.25) is 0 Å². The van der Waals surface area contributed by atoms with E-state index in [1.807, 2.05) is 24.3 Å². The summed E-state index contributed by atoms with van der Waals surface area (Å²) in [5, 5.41) is 6.21. The van der Waals surface area contributed by atoms with Gasteiger partial charge in [-0.2, -0.15) is 0 Å². The maximum atomic E-state index is 12.4. The molecule has 2 aromatic rings. The standard InChI is InChI=1S/C21H31N3OS/c1-5-9-10-16(6-2)20(25)22-18-13-11-17(12-14-18)19-15-26-21(23-19)24(7-3)8-4/h11-16H,5-10H2,1-4H3,(H,22,25). The second-order valence-electron chi connectivity index (χ2n) is 6.50. The summed E-state index contributed by atoms with van der Waals surface area (Å²) >= 11 is 1.68. The van der Waals surface area contributed by atoms with E-state index in [-0.39, 0.29) is 11.8 Å². The minimum absolute atomic E-state index is 0.102. The van der Waals surface area contributed by atoms with Gasteiger partial charge in [0.25, 0.3) is 0 Å². The van der Waals surface area contributed by atoms with Gasteiger partial charge in [0.05, 0.1) is 5.69 Å². The highest BCUT2D eigenvalue weighted by molar-refractivity contribution is 7.14. The van der Waals surface area contributed by atoms with Crippen molar-refractivity contribution in [3.05, 3.63) is 29.6 Å². The van der Waals surface area contributed by atoms with Gasteiger partial charge in [-0.3, -0.25) is 4.79 Å². The number of hydrogen-bond acceptors (Lipinski definition) is 4. The third-order valence-corrected chi connectivity index (χ3v) is 5.65. The highest BCUT2D eigenvalue weighted by atomic mass is 32.1. The van der Waals surface area contributed by atoms with E-state index in [1.54, 1.807) is 11.3 Å². The zero-order valence-corrected chi connectivity index (χ0v) is 17.2. The van der Waals surface area contributed by atoms with Crippen molar-refractivity contribution >= 4 is 28.1 Å². The summed E-state index contributed by atoms with van der Waals surface area (Å²) in [6, 6.07) is 8.00. The number of nitrogens with one attached hydrogen (secondary N) is 1. The summed E-state index contributed by atoms with van der Waals surface area (Å²) in [7, 11) is 0. The highest BCUT2D eigenvalue weighted by Crippen LogP contribution is 2.28. The van der Waals surface area contributed by atoms with Crippen molar-refractivity contribution in [1.82, 2.24) is 4.98 Å². The molecular formula is C21H31N3OS. The van der Waals surface area contributed by atoms with Crippen LogP contribution in [0.15, 0.2) is 29.6 Å². The molecule has 1 amide bonds. The van der Waals surface area contributed by atoms with E-state index in [0.717, 1.165) is 60.8 Å². The lowest BCUT2D eigenvalue weighted by molar-refractivity contribution is -0.120. The number of aromatic nitrogens is 1. The highest BCUT2D eigenvalue weighted by Gasteiger charge is 2.16. The first kappa shape index (κ1) is 20.4. The largest absolute Gasteiger partial charge is 0.349 e. The zero-order valence-electron chi connectivity index (χ0n) is 16.4. The Balaban J connectivity index is 2.03. The van der Waals surface area contributed by atoms with Crippen LogP contribution < -0.4 is 10.2 Å². The normalized spacial score (nSPS) is 12.0. The number of anilines is 2. The third-order valence-electron chi connectivity index (χ3n) is 4.74. The molecule has 0 bridgehead atoms. The fourth-order valence-electron chi connectivity index (χ4n) is 2.98. The Kier molecular flexibility index (Phi) is 8.10. The molecule has 0 aliphatic rings. The minimum atomic E-state index is 0.102. The molecular weight excluding hydrogens is 342 g/mol. The minimum Gasteiger partial charge on any atom is -0.349 e. The van der Waals surface area contributed by atoms with E-state index >= 15 is 0 Å². The molecule has 0 fully saturated rings. The molecule has 0 saturated heterocycles. The molecule has 5 heteroatoms. The van der Waals surface area contributed by atoms with Crippen molar-refractivity contribution in [2.45, 2.75) is 53.4 Å². The van der Waals surface area contributed by atoms with E-state index in [2.05, 4.69) is 43.3 Å². The summed E-state index contributed by atoms with van der Waals surface area (Å²) in [6.45, 7) is 10.5. The van der Waals surface area contributed by atoms with E-state index in [9.17, 15) is 4.79 Å². The van der Waals surface area contributed by atoms with Crippen molar-refractivity contribution in [3.8, 4) is 11.3 Å². The molecule has 1 aromatic carbocycles. The van der Waals surface area contributed by atoms with Gasteiger partial charge in [0.2, 0.25) is 5.91 Å².